The molecule has 0 aliphatic rings. The molecule has 0 N–H and O–H groups in total. The molecule has 0 aliphatic carbocycles. The summed E-state index contributed by atoms with van der Waals surface area (Å²) in [6.07, 6.45) is 7.65. The lowest BCUT2D eigenvalue weighted by molar-refractivity contribution is 0.804. The largest absolute Gasteiger partial charge is 0.261 e. The van der Waals surface area contributed by atoms with Crippen LogP contribution in [0.5, 0.6) is 0 Å². The van der Waals surface area contributed by atoms with Gasteiger partial charge in [0, 0.05) is 11.9 Å². The summed E-state index contributed by atoms with van der Waals surface area (Å²) in [4.78, 5) is 4.30. The van der Waals surface area contributed by atoms with E-state index in [1.165, 1.54) is 5.57 Å². The van der Waals surface area contributed by atoms with Gasteiger partial charge in [-0.1, -0.05) is 32.6 Å². The fraction of sp³-hybridized carbons (Fsp3) is 0.417. The second-order valence-corrected chi connectivity index (χ2v) is 3.25. The first-order chi connectivity index (χ1) is 6.11. The molecule has 0 spiro atoms. The molecule has 1 nitrogen and oxygen atoms in total. The lowest BCUT2D eigenvalue weighted by Crippen LogP contribution is -1.94. The van der Waals surface area contributed by atoms with Crippen molar-refractivity contribution in [3.63, 3.8) is 0 Å². The SMILES string of the molecule is C=C/C=C(C)/N=C\C(=C/C)C(C)C. The molecule has 0 saturated heterocycles. The minimum absolute atomic E-state index is 0.533. The molecule has 13 heavy (non-hydrogen) atoms. The first-order valence-electron chi connectivity index (χ1n) is 4.61. The van der Waals surface area contributed by atoms with Gasteiger partial charge in [-0.15, -0.1) is 0 Å². The Morgan fingerprint density at radius 1 is 1.38 bits per heavy atom. The second kappa shape index (κ2) is 6.41. The van der Waals surface area contributed by atoms with Crippen LogP contribution in [0, 0.1) is 5.92 Å². The first kappa shape index (κ1) is 11.9. The van der Waals surface area contributed by atoms with Crippen LogP contribution in [0.4, 0.5) is 0 Å². The van der Waals surface area contributed by atoms with Crippen molar-refractivity contribution < 1.29 is 0 Å². The van der Waals surface area contributed by atoms with Crippen molar-refractivity contribution in [3.8, 4) is 0 Å². The maximum Gasteiger partial charge on any atom is 0.0372 e. The van der Waals surface area contributed by atoms with E-state index in [0.29, 0.717) is 5.92 Å². The number of allylic oxidation sites excluding steroid dienone is 5. The van der Waals surface area contributed by atoms with Crippen molar-refractivity contribution in [2.45, 2.75) is 27.7 Å². The van der Waals surface area contributed by atoms with E-state index in [4.69, 9.17) is 0 Å². The average Bonchev–Trinajstić information content (AvgIpc) is 2.05. The topological polar surface area (TPSA) is 12.4 Å². The molecule has 0 saturated carbocycles. The van der Waals surface area contributed by atoms with Crippen LogP contribution in [-0.4, -0.2) is 6.21 Å². The zero-order valence-electron chi connectivity index (χ0n) is 9.04. The van der Waals surface area contributed by atoms with E-state index >= 15 is 0 Å². The van der Waals surface area contributed by atoms with Gasteiger partial charge >= 0.3 is 0 Å². The Labute approximate surface area is 81.6 Å². The van der Waals surface area contributed by atoms with Crippen molar-refractivity contribution in [2.75, 3.05) is 0 Å². The second-order valence-electron chi connectivity index (χ2n) is 3.25. The summed E-state index contributed by atoms with van der Waals surface area (Å²) in [7, 11) is 0. The fourth-order valence-electron chi connectivity index (χ4n) is 0.947. The minimum atomic E-state index is 0.533. The van der Waals surface area contributed by atoms with E-state index in [1.54, 1.807) is 6.08 Å². The van der Waals surface area contributed by atoms with E-state index in [2.05, 4.69) is 31.5 Å². The molecule has 0 unspecified atom stereocenters. The van der Waals surface area contributed by atoms with Gasteiger partial charge in [0.15, 0.2) is 0 Å². The summed E-state index contributed by atoms with van der Waals surface area (Å²) in [5, 5.41) is 0. The lowest BCUT2D eigenvalue weighted by Gasteiger charge is -2.03. The molecule has 0 aliphatic heterocycles. The van der Waals surface area contributed by atoms with Crippen LogP contribution in [0.1, 0.15) is 27.7 Å². The molecule has 0 bridgehead atoms. The summed E-state index contributed by atoms with van der Waals surface area (Å²) < 4.78 is 0. The van der Waals surface area contributed by atoms with Gasteiger partial charge in [0.1, 0.15) is 0 Å². The fourth-order valence-corrected chi connectivity index (χ4v) is 0.947. The molecule has 0 rings (SSSR count). The molecule has 0 aromatic rings. The zero-order valence-corrected chi connectivity index (χ0v) is 9.04. The highest BCUT2D eigenvalue weighted by molar-refractivity contribution is 5.79. The van der Waals surface area contributed by atoms with Crippen molar-refractivity contribution in [2.24, 2.45) is 10.9 Å². The van der Waals surface area contributed by atoms with Crippen LogP contribution in [0.25, 0.3) is 0 Å². The number of nitrogens with zero attached hydrogens (tertiary/aromatic N) is 1. The molecule has 72 valence electrons. The highest BCUT2D eigenvalue weighted by atomic mass is 14.7. The smallest absolute Gasteiger partial charge is 0.0372 e. The predicted octanol–water partition coefficient (Wildman–Crippen LogP) is 3.75. The van der Waals surface area contributed by atoms with E-state index in [9.17, 15) is 0 Å². The van der Waals surface area contributed by atoms with Gasteiger partial charge < -0.3 is 0 Å². The molecule has 1 heteroatoms. The Morgan fingerprint density at radius 3 is 2.38 bits per heavy atom. The minimum Gasteiger partial charge on any atom is -0.261 e. The Morgan fingerprint density at radius 2 is 2.00 bits per heavy atom. The first-order valence-corrected chi connectivity index (χ1v) is 4.61. The van der Waals surface area contributed by atoms with Gasteiger partial charge in [0.25, 0.3) is 0 Å². The van der Waals surface area contributed by atoms with Crippen molar-refractivity contribution in [1.82, 2.24) is 0 Å². The van der Waals surface area contributed by atoms with Gasteiger partial charge in [-0.2, -0.15) is 0 Å². The van der Waals surface area contributed by atoms with Crippen molar-refractivity contribution in [3.05, 3.63) is 36.1 Å². The molecule has 0 radical (unpaired) electrons. The van der Waals surface area contributed by atoms with Crippen LogP contribution >= 0.6 is 0 Å². The van der Waals surface area contributed by atoms with Gasteiger partial charge in [-0.3, -0.25) is 4.99 Å². The number of aliphatic imine (C=N–C) groups is 1. The normalized spacial score (nSPS) is 14.2. The molecule has 0 aromatic carbocycles. The summed E-state index contributed by atoms with van der Waals surface area (Å²) in [6, 6.07) is 0. The predicted molar refractivity (Wildman–Crippen MR) is 61.0 cm³/mol. The highest BCUT2D eigenvalue weighted by Gasteiger charge is 1.96. The Kier molecular flexibility index (Phi) is 5.86. The van der Waals surface area contributed by atoms with Crippen LogP contribution in [0.2, 0.25) is 0 Å². The van der Waals surface area contributed by atoms with E-state index < -0.39 is 0 Å². The maximum atomic E-state index is 4.30. The van der Waals surface area contributed by atoms with Crippen LogP contribution < -0.4 is 0 Å². The third kappa shape index (κ3) is 5.18. The third-order valence-corrected chi connectivity index (χ3v) is 1.78. The van der Waals surface area contributed by atoms with Gasteiger partial charge in [0.2, 0.25) is 0 Å². The molecule has 0 amide bonds. The molecule has 0 atom stereocenters. The quantitative estimate of drug-likeness (QED) is 0.458. The Balaban J connectivity index is 4.41. The standard InChI is InChI=1S/C12H19N/c1-6-8-11(5)13-9-12(7-2)10(3)4/h6-10H,1H2,2-5H3/b11-8+,12-7+,13-9-. The summed E-state index contributed by atoms with van der Waals surface area (Å²) in [6.45, 7) is 11.9. The van der Waals surface area contributed by atoms with Gasteiger partial charge in [0.05, 0.1) is 0 Å². The van der Waals surface area contributed by atoms with E-state index in [-0.39, 0.29) is 0 Å². The Hall–Kier alpha value is -1.11. The van der Waals surface area contributed by atoms with Gasteiger partial charge in [-0.25, -0.2) is 0 Å². The summed E-state index contributed by atoms with van der Waals surface area (Å²) >= 11 is 0. The average molecular weight is 177 g/mol. The molecule has 0 heterocycles. The van der Waals surface area contributed by atoms with E-state index in [0.717, 1.165) is 5.70 Å². The summed E-state index contributed by atoms with van der Waals surface area (Å²) in [5.74, 6) is 0.533. The monoisotopic (exact) mass is 177 g/mol. The molecule has 0 aromatic heterocycles. The van der Waals surface area contributed by atoms with Crippen LogP contribution in [0.15, 0.2) is 41.1 Å². The molecular formula is C12H19N. The summed E-state index contributed by atoms with van der Waals surface area (Å²) in [5.41, 5.74) is 2.24. The molecule has 0 fully saturated rings. The van der Waals surface area contributed by atoms with E-state index in [1.807, 2.05) is 26.1 Å². The van der Waals surface area contributed by atoms with Crippen molar-refractivity contribution in [1.29, 1.82) is 0 Å². The molecular weight excluding hydrogens is 158 g/mol. The van der Waals surface area contributed by atoms with Crippen LogP contribution in [-0.2, 0) is 0 Å². The number of rotatable bonds is 4. The van der Waals surface area contributed by atoms with Crippen LogP contribution in [0.3, 0.4) is 0 Å². The van der Waals surface area contributed by atoms with Crippen molar-refractivity contribution >= 4 is 6.21 Å². The Bertz CT molecular complexity index is 242. The maximum absolute atomic E-state index is 4.30. The van der Waals surface area contributed by atoms with Gasteiger partial charge in [-0.05, 0) is 31.4 Å². The number of hydrogen-bond donors (Lipinski definition) is 0. The third-order valence-electron chi connectivity index (χ3n) is 1.78. The highest BCUT2D eigenvalue weighted by Crippen LogP contribution is 2.07. The lowest BCUT2D eigenvalue weighted by atomic mass is 10.1. The number of hydrogen-bond acceptors (Lipinski definition) is 1. The zero-order chi connectivity index (χ0) is 10.3.